The van der Waals surface area contributed by atoms with Gasteiger partial charge in [-0.15, -0.1) is 0 Å². The van der Waals surface area contributed by atoms with E-state index in [1.807, 2.05) is 0 Å². The number of rotatable bonds is 6. The Kier molecular flexibility index (Phi) is 8.18. The van der Waals surface area contributed by atoms with E-state index >= 15 is 0 Å². The van der Waals surface area contributed by atoms with E-state index in [-0.39, 0.29) is 0 Å². The third-order valence-electron chi connectivity index (χ3n) is 8.47. The van der Waals surface area contributed by atoms with E-state index in [0.717, 1.165) is 0 Å². The molecule has 28 heavy (non-hydrogen) atoms. The zero-order chi connectivity index (χ0) is 19.2. The maximum atomic E-state index is 2.67. The Labute approximate surface area is 181 Å². The van der Waals surface area contributed by atoms with Crippen molar-refractivity contribution in [1.29, 1.82) is 0 Å². The minimum atomic E-state index is -2.38. The molecule has 0 unspecified atom stereocenters. The first-order valence-electron chi connectivity index (χ1n) is 12.5. The fraction of sp³-hybridized carbons (Fsp3) is 0.769. The van der Waals surface area contributed by atoms with Crippen LogP contribution in [0.1, 0.15) is 107 Å². The second-order valence-corrected chi connectivity index (χ2v) is 29.7. The van der Waals surface area contributed by atoms with Crippen LogP contribution in [0.3, 0.4) is 0 Å². The van der Waals surface area contributed by atoms with Crippen molar-refractivity contribution in [3.05, 3.63) is 35.4 Å². The summed E-state index contributed by atoms with van der Waals surface area (Å²) in [7, 11) is 2.67. The van der Waals surface area contributed by atoms with Crippen LogP contribution in [0.2, 0.25) is 11.8 Å². The third-order valence-corrected chi connectivity index (χ3v) is 37.5. The molecule has 0 bridgehead atoms. The Bertz CT molecular complexity index is 549. The number of benzene rings is 1. The van der Waals surface area contributed by atoms with Gasteiger partial charge in [-0.2, -0.15) is 0 Å². The molecule has 3 fully saturated rings. The van der Waals surface area contributed by atoms with Gasteiger partial charge in [0.2, 0.25) is 0 Å². The Hall–Kier alpha value is 0.369. The average molecular weight is 505 g/mol. The molecule has 156 valence electrons. The van der Waals surface area contributed by atoms with Gasteiger partial charge >= 0.3 is 182 Å². The molecule has 3 aliphatic carbocycles. The van der Waals surface area contributed by atoms with E-state index in [1.165, 1.54) is 42.4 Å². The number of hydrogen-bond acceptors (Lipinski definition) is 1. The molecule has 0 aromatic heterocycles. The molecule has 0 saturated heterocycles. The molecule has 0 N–H and O–H groups in total. The summed E-state index contributed by atoms with van der Waals surface area (Å²) in [5, 5.41) is 0. The second-order valence-electron chi connectivity index (χ2n) is 10.1. The summed E-state index contributed by atoms with van der Waals surface area (Å²) in [6.45, 7) is 2.34. The van der Waals surface area contributed by atoms with Crippen LogP contribution in [0.25, 0.3) is 0 Å². The molecule has 1 aromatic rings. The number of aryl methyl sites for hydroxylation is 1. The SMILES string of the molecule is Cc1ccccc1C[S][Sn]([CH]1CCCCC1)([CH]1CCCCC1)[CH]1CCCCC1. The standard InChI is InChI=1S/C8H10S.3C6H11.Sn/c1-7-4-2-3-5-8(7)6-9;3*1-2-4-6-5-3-1;/h2-5,9H,6H2,1H3;3*1H,2-6H2;/q;;;;+1/p-1. The van der Waals surface area contributed by atoms with Crippen LogP contribution < -0.4 is 0 Å². The zero-order valence-electron chi connectivity index (χ0n) is 18.3. The van der Waals surface area contributed by atoms with Gasteiger partial charge in [0.15, 0.2) is 0 Å². The van der Waals surface area contributed by atoms with Crippen molar-refractivity contribution >= 4 is 25.9 Å². The minimum absolute atomic E-state index is 1.20. The fourth-order valence-corrected chi connectivity index (χ4v) is 39.6. The molecule has 0 nitrogen and oxygen atoms in total. The van der Waals surface area contributed by atoms with Crippen LogP contribution in [0.15, 0.2) is 24.3 Å². The summed E-state index contributed by atoms with van der Waals surface area (Å²) in [5.74, 6) is 1.34. The summed E-state index contributed by atoms with van der Waals surface area (Å²) in [5.41, 5.74) is 3.18. The van der Waals surface area contributed by atoms with Crippen LogP contribution in [0, 0.1) is 6.92 Å². The van der Waals surface area contributed by atoms with Crippen molar-refractivity contribution in [3.63, 3.8) is 0 Å². The van der Waals surface area contributed by atoms with Crippen molar-refractivity contribution < 1.29 is 0 Å². The monoisotopic (exact) mass is 506 g/mol. The molecule has 3 aliphatic rings. The molecule has 1 aromatic carbocycles. The fourth-order valence-electron chi connectivity index (χ4n) is 6.99. The van der Waals surface area contributed by atoms with Gasteiger partial charge < -0.3 is 0 Å². The number of hydrogen-bond donors (Lipinski definition) is 0. The van der Waals surface area contributed by atoms with Gasteiger partial charge in [-0.05, 0) is 0 Å². The average Bonchev–Trinajstić information content (AvgIpc) is 2.78. The van der Waals surface area contributed by atoms with Crippen molar-refractivity contribution in [2.45, 2.75) is 121 Å². The second kappa shape index (κ2) is 10.6. The van der Waals surface area contributed by atoms with Crippen molar-refractivity contribution in [2.75, 3.05) is 0 Å². The van der Waals surface area contributed by atoms with E-state index in [1.54, 1.807) is 82.6 Å². The first kappa shape index (κ1) is 21.6. The molecule has 0 amide bonds. The van der Waals surface area contributed by atoms with Crippen molar-refractivity contribution in [1.82, 2.24) is 0 Å². The summed E-state index contributed by atoms with van der Waals surface area (Å²) in [6, 6.07) is 9.28. The van der Waals surface area contributed by atoms with Crippen molar-refractivity contribution in [3.8, 4) is 0 Å². The first-order chi connectivity index (χ1) is 13.8. The van der Waals surface area contributed by atoms with Gasteiger partial charge in [0.05, 0.1) is 0 Å². The molecule has 0 aliphatic heterocycles. The molecular formula is C26H42SSn. The van der Waals surface area contributed by atoms with E-state index < -0.39 is 17.0 Å². The van der Waals surface area contributed by atoms with Crippen LogP contribution in [0.4, 0.5) is 0 Å². The van der Waals surface area contributed by atoms with Crippen LogP contribution in [-0.2, 0) is 5.75 Å². The van der Waals surface area contributed by atoms with Gasteiger partial charge in [-0.1, -0.05) is 0 Å². The Morgan fingerprint density at radius 1 is 0.679 bits per heavy atom. The molecule has 0 radical (unpaired) electrons. The van der Waals surface area contributed by atoms with Crippen molar-refractivity contribution in [2.24, 2.45) is 0 Å². The molecule has 3 saturated carbocycles. The Morgan fingerprint density at radius 3 is 1.54 bits per heavy atom. The van der Waals surface area contributed by atoms with Gasteiger partial charge in [-0.3, -0.25) is 0 Å². The van der Waals surface area contributed by atoms with Gasteiger partial charge in [0, 0.05) is 0 Å². The Morgan fingerprint density at radius 2 is 1.11 bits per heavy atom. The molecular weight excluding hydrogens is 463 g/mol. The van der Waals surface area contributed by atoms with Gasteiger partial charge in [0.25, 0.3) is 0 Å². The quantitative estimate of drug-likeness (QED) is 0.348. The van der Waals surface area contributed by atoms with Gasteiger partial charge in [-0.25, -0.2) is 0 Å². The molecule has 0 spiro atoms. The van der Waals surface area contributed by atoms with E-state index in [2.05, 4.69) is 40.1 Å². The van der Waals surface area contributed by atoms with Crippen LogP contribution in [0.5, 0.6) is 0 Å². The molecule has 0 heterocycles. The normalized spacial score (nSPS) is 23.8. The summed E-state index contributed by atoms with van der Waals surface area (Å²) < 4.78 is 3.59. The summed E-state index contributed by atoms with van der Waals surface area (Å²) in [4.78, 5) is 0. The summed E-state index contributed by atoms with van der Waals surface area (Å²) in [6.07, 6.45) is 23.6. The van der Waals surface area contributed by atoms with Crippen LogP contribution >= 0.6 is 8.95 Å². The van der Waals surface area contributed by atoms with E-state index in [4.69, 9.17) is 0 Å². The Balaban J connectivity index is 1.66. The molecule has 0 atom stereocenters. The topological polar surface area (TPSA) is 0 Å². The molecule has 2 heteroatoms. The summed E-state index contributed by atoms with van der Waals surface area (Å²) >= 11 is -2.38. The van der Waals surface area contributed by atoms with Crippen LogP contribution in [-0.4, -0.2) is 17.0 Å². The van der Waals surface area contributed by atoms with E-state index in [0.29, 0.717) is 0 Å². The predicted molar refractivity (Wildman–Crippen MR) is 129 cm³/mol. The maximum absolute atomic E-state index is 2.67. The first-order valence-corrected chi connectivity index (χ1v) is 21.9. The predicted octanol–water partition coefficient (Wildman–Crippen LogP) is 9.18. The van der Waals surface area contributed by atoms with Gasteiger partial charge in [0.1, 0.15) is 0 Å². The third kappa shape index (κ3) is 4.81. The molecule has 4 rings (SSSR count). The zero-order valence-corrected chi connectivity index (χ0v) is 21.9. The van der Waals surface area contributed by atoms with E-state index in [9.17, 15) is 0 Å².